The number of hydrogen-bond donors (Lipinski definition) is 4. The summed E-state index contributed by atoms with van der Waals surface area (Å²) < 4.78 is 0. The minimum Gasteiger partial charge on any atom is -0.508 e. The van der Waals surface area contributed by atoms with Crippen molar-refractivity contribution < 1.29 is 29.4 Å². The van der Waals surface area contributed by atoms with E-state index in [2.05, 4.69) is 5.32 Å². The summed E-state index contributed by atoms with van der Waals surface area (Å²) in [6, 6.07) is 1.50. The van der Waals surface area contributed by atoms with E-state index in [9.17, 15) is 29.4 Å². The minimum atomic E-state index is -0.975. The molecule has 5 N–H and O–H groups in total. The molecule has 0 heterocycles. The van der Waals surface area contributed by atoms with Crippen LogP contribution in [-0.4, -0.2) is 45.6 Å². The number of nitrogens with two attached hydrogens (primary N) is 1. The Morgan fingerprint density at radius 1 is 1.07 bits per heavy atom. The van der Waals surface area contributed by atoms with Crippen LogP contribution in [0.15, 0.2) is 65.3 Å². The molecule has 1 atom stereocenters. The lowest BCUT2D eigenvalue weighted by Gasteiger charge is -2.37. The molecule has 40 heavy (non-hydrogen) atoms. The van der Waals surface area contributed by atoms with E-state index in [0.29, 0.717) is 23.9 Å². The molecule has 0 aromatic heterocycles. The molecule has 1 aromatic rings. The molecule has 0 saturated heterocycles. The fourth-order valence-electron chi connectivity index (χ4n) is 4.84. The molecule has 0 spiro atoms. The van der Waals surface area contributed by atoms with E-state index in [1.165, 1.54) is 25.1 Å². The zero-order valence-corrected chi connectivity index (χ0v) is 24.0. The van der Waals surface area contributed by atoms with Crippen molar-refractivity contribution in [1.82, 2.24) is 5.32 Å². The Kier molecular flexibility index (Phi) is 11.8. The predicted octanol–water partition coefficient (Wildman–Crippen LogP) is 5.03. The van der Waals surface area contributed by atoms with E-state index < -0.39 is 17.5 Å². The van der Waals surface area contributed by atoms with Crippen molar-refractivity contribution in [1.29, 1.82) is 0 Å². The number of ketones is 2. The summed E-state index contributed by atoms with van der Waals surface area (Å²) in [5.74, 6) is -1.69. The van der Waals surface area contributed by atoms with Crippen molar-refractivity contribution in [2.24, 2.45) is 5.73 Å². The van der Waals surface area contributed by atoms with E-state index in [1.807, 2.05) is 13.8 Å². The number of Topliss-reactive ketones (excluding diaryl/α,β-unsaturated/α-hetero) is 2. The molecule has 1 unspecified atom stereocenters. The summed E-state index contributed by atoms with van der Waals surface area (Å²) in [6.45, 7) is 7.15. The van der Waals surface area contributed by atoms with Crippen LogP contribution in [0.25, 0.3) is 5.57 Å². The van der Waals surface area contributed by atoms with Gasteiger partial charge < -0.3 is 15.9 Å². The summed E-state index contributed by atoms with van der Waals surface area (Å²) in [5.41, 5.74) is 6.33. The molecule has 0 aliphatic heterocycles. The zero-order chi connectivity index (χ0) is 30.0. The lowest BCUT2D eigenvalue weighted by Crippen LogP contribution is -2.53. The number of benzene rings is 1. The predicted molar refractivity (Wildman–Crippen MR) is 157 cm³/mol. The number of allylic oxidation sites excluding steroid dienone is 7. The molecule has 1 fully saturated rings. The number of aromatic hydroxyl groups is 2. The van der Waals surface area contributed by atoms with E-state index in [0.717, 1.165) is 12.8 Å². The largest absolute Gasteiger partial charge is 0.508 e. The number of hydrogen-bond acceptors (Lipinski definition) is 7. The second kappa shape index (κ2) is 14.6. The Morgan fingerprint density at radius 3 is 2.25 bits per heavy atom. The molecule has 8 nitrogen and oxygen atoms in total. The first-order valence-corrected chi connectivity index (χ1v) is 13.5. The fraction of sp³-hybridized carbons (Fsp3) is 0.355. The van der Waals surface area contributed by atoms with Crippen molar-refractivity contribution in [2.75, 3.05) is 0 Å². The first kappa shape index (κ1) is 32.5. The number of carbonyl (C=O) groups is 4. The molecule has 0 bridgehead atoms. The van der Waals surface area contributed by atoms with E-state index in [4.69, 9.17) is 17.3 Å². The van der Waals surface area contributed by atoms with Gasteiger partial charge in [0.15, 0.2) is 11.6 Å². The van der Waals surface area contributed by atoms with Gasteiger partial charge in [-0.05, 0) is 56.1 Å². The molecule has 1 aromatic carbocycles. The summed E-state index contributed by atoms with van der Waals surface area (Å²) in [4.78, 5) is 48.4. The van der Waals surface area contributed by atoms with E-state index in [-0.39, 0.29) is 57.6 Å². The van der Waals surface area contributed by atoms with Gasteiger partial charge in [-0.2, -0.15) is 0 Å². The average Bonchev–Trinajstić information content (AvgIpc) is 3.21. The lowest BCUT2D eigenvalue weighted by molar-refractivity contribution is -0.125. The number of phenolic OH excluding ortho intramolecular Hbond substituents is 2. The van der Waals surface area contributed by atoms with Crippen LogP contribution >= 0.6 is 11.6 Å². The SMILES string of the molecule is CCCCC(C)(NC1C(=O)CCC1=O)C(/C=C/C=C/C=C/C=O)=C(C)/C(=C(\C)C(N)=O)c1cc(O)cc(Cl)c1O. The van der Waals surface area contributed by atoms with Crippen molar-refractivity contribution in [2.45, 2.75) is 71.4 Å². The Bertz CT molecular complexity index is 1310. The summed E-state index contributed by atoms with van der Waals surface area (Å²) >= 11 is 6.17. The Morgan fingerprint density at radius 2 is 1.68 bits per heavy atom. The number of carbonyl (C=O) groups excluding carboxylic acids is 4. The number of phenols is 2. The summed E-state index contributed by atoms with van der Waals surface area (Å²) in [7, 11) is 0. The fourth-order valence-corrected chi connectivity index (χ4v) is 5.05. The summed E-state index contributed by atoms with van der Waals surface area (Å²) in [5, 5.41) is 24.4. The molecule has 214 valence electrons. The Balaban J connectivity index is 2.93. The monoisotopic (exact) mass is 568 g/mol. The van der Waals surface area contributed by atoms with E-state index in [1.54, 1.807) is 37.3 Å². The Hall–Kier alpha value is -3.75. The quantitative estimate of drug-likeness (QED) is 0.0857. The third-order valence-corrected chi connectivity index (χ3v) is 7.26. The number of halogens is 1. The average molecular weight is 569 g/mol. The second-order valence-electron chi connectivity index (χ2n) is 9.94. The van der Waals surface area contributed by atoms with Gasteiger partial charge in [0.2, 0.25) is 5.91 Å². The van der Waals surface area contributed by atoms with Crippen molar-refractivity contribution in [3.05, 3.63) is 75.9 Å². The smallest absolute Gasteiger partial charge is 0.244 e. The van der Waals surface area contributed by atoms with Crippen LogP contribution in [0.4, 0.5) is 0 Å². The third-order valence-electron chi connectivity index (χ3n) is 6.98. The van der Waals surface area contributed by atoms with Gasteiger partial charge in [-0.1, -0.05) is 61.7 Å². The maximum Gasteiger partial charge on any atom is 0.244 e. The van der Waals surface area contributed by atoms with Crippen molar-refractivity contribution in [3.63, 3.8) is 0 Å². The standard InChI is InChI=1S/C31H37ClN2O6/c1-5-6-15-31(4,34-28-25(37)13-14-26(28)38)23(12-10-8-7-9-11-16-35)19(2)27(20(3)30(33)40)22-17-21(36)18-24(32)29(22)39/h7-12,16-18,28,34,36,39H,5-6,13-15H2,1-4H3,(H2,33,40)/b8-7+,11-9+,12-10+,23-19+,27-20-. The molecule has 1 saturated carbocycles. The minimum absolute atomic E-state index is 0.0972. The van der Waals surface area contributed by atoms with Gasteiger partial charge in [0, 0.05) is 35.6 Å². The molecule has 1 amide bonds. The number of rotatable bonds is 13. The van der Waals surface area contributed by atoms with Crippen LogP contribution < -0.4 is 11.1 Å². The highest BCUT2D eigenvalue weighted by Crippen LogP contribution is 2.43. The van der Waals surface area contributed by atoms with Gasteiger partial charge in [-0.3, -0.25) is 24.5 Å². The maximum absolute atomic E-state index is 12.7. The molecule has 1 aliphatic rings. The topological polar surface area (TPSA) is 147 Å². The van der Waals surface area contributed by atoms with Crippen LogP contribution in [0.1, 0.15) is 65.4 Å². The molecule has 9 heteroatoms. The first-order valence-electron chi connectivity index (χ1n) is 13.1. The highest BCUT2D eigenvalue weighted by atomic mass is 35.5. The van der Waals surface area contributed by atoms with Gasteiger partial charge >= 0.3 is 0 Å². The van der Waals surface area contributed by atoms with Gasteiger partial charge in [0.25, 0.3) is 0 Å². The second-order valence-corrected chi connectivity index (χ2v) is 10.3. The zero-order valence-electron chi connectivity index (χ0n) is 23.3. The van der Waals surface area contributed by atoms with Crippen LogP contribution in [0.5, 0.6) is 11.5 Å². The molecule has 0 radical (unpaired) electrons. The van der Waals surface area contributed by atoms with Gasteiger partial charge in [0.05, 0.1) is 5.02 Å². The van der Waals surface area contributed by atoms with Gasteiger partial charge in [0.1, 0.15) is 23.8 Å². The van der Waals surface area contributed by atoms with Gasteiger partial charge in [-0.15, -0.1) is 0 Å². The van der Waals surface area contributed by atoms with Crippen LogP contribution in [0.2, 0.25) is 5.02 Å². The Labute approximate surface area is 240 Å². The third kappa shape index (κ3) is 7.90. The van der Waals surface area contributed by atoms with Crippen molar-refractivity contribution >= 4 is 40.9 Å². The molecular weight excluding hydrogens is 532 g/mol. The number of nitrogens with one attached hydrogen (secondary N) is 1. The normalized spacial score (nSPS) is 17.5. The van der Waals surface area contributed by atoms with E-state index >= 15 is 0 Å². The van der Waals surface area contributed by atoms with Crippen LogP contribution in [0.3, 0.4) is 0 Å². The molecule has 1 aliphatic carbocycles. The summed E-state index contributed by atoms with van der Waals surface area (Å²) in [6.07, 6.45) is 12.9. The highest BCUT2D eigenvalue weighted by molar-refractivity contribution is 6.32. The highest BCUT2D eigenvalue weighted by Gasteiger charge is 2.40. The number of aldehydes is 1. The number of primary amides is 1. The van der Waals surface area contributed by atoms with Crippen LogP contribution in [0, 0.1) is 0 Å². The van der Waals surface area contributed by atoms with Crippen LogP contribution in [-0.2, 0) is 19.2 Å². The van der Waals surface area contributed by atoms with Crippen molar-refractivity contribution in [3.8, 4) is 11.5 Å². The van der Waals surface area contributed by atoms with Gasteiger partial charge in [-0.25, -0.2) is 0 Å². The molecular formula is C31H37ClN2O6. The molecule has 2 rings (SSSR count). The number of amides is 1. The first-order chi connectivity index (χ1) is 18.9. The number of unbranched alkanes of at least 4 members (excludes halogenated alkanes) is 1. The lowest BCUT2D eigenvalue weighted by atomic mass is 9.78. The maximum atomic E-state index is 12.7.